The summed E-state index contributed by atoms with van der Waals surface area (Å²) < 4.78 is 10.8. The Kier molecular flexibility index (Phi) is 4.72. The Labute approximate surface area is 143 Å². The molecule has 6 nitrogen and oxygen atoms in total. The molecule has 1 N–H and O–H groups in total. The van der Waals surface area contributed by atoms with Crippen molar-refractivity contribution in [2.45, 2.75) is 6.92 Å². The minimum Gasteiger partial charge on any atom is -0.495 e. The molecule has 0 unspecified atom stereocenters. The third-order valence-corrected chi connectivity index (χ3v) is 4.14. The Morgan fingerprint density at radius 2 is 2.08 bits per heavy atom. The SMILES string of the molecule is COc1cc(C)sc1C(=O)Nc1cccc(Oc2cccnn2)c1. The summed E-state index contributed by atoms with van der Waals surface area (Å²) in [6.07, 6.45) is 1.57. The van der Waals surface area contributed by atoms with Crippen molar-refractivity contribution in [3.05, 3.63) is 58.4 Å². The predicted octanol–water partition coefficient (Wildman–Crippen LogP) is 3.90. The molecule has 0 aliphatic carbocycles. The summed E-state index contributed by atoms with van der Waals surface area (Å²) in [5.41, 5.74) is 0.620. The summed E-state index contributed by atoms with van der Waals surface area (Å²) in [5.74, 6) is 1.29. The molecule has 0 saturated heterocycles. The lowest BCUT2D eigenvalue weighted by atomic mass is 10.3. The number of rotatable bonds is 5. The van der Waals surface area contributed by atoms with Crippen LogP contribution < -0.4 is 14.8 Å². The Morgan fingerprint density at radius 1 is 1.21 bits per heavy atom. The number of hydrogen-bond donors (Lipinski definition) is 1. The fraction of sp³-hybridized carbons (Fsp3) is 0.118. The van der Waals surface area contributed by atoms with Gasteiger partial charge in [-0.3, -0.25) is 4.79 Å². The van der Waals surface area contributed by atoms with Crippen LogP contribution in [0.5, 0.6) is 17.4 Å². The van der Waals surface area contributed by atoms with Gasteiger partial charge in [-0.15, -0.1) is 16.4 Å². The van der Waals surface area contributed by atoms with E-state index in [-0.39, 0.29) is 5.91 Å². The van der Waals surface area contributed by atoms with Crippen LogP contribution in [0.3, 0.4) is 0 Å². The maximum absolute atomic E-state index is 12.4. The summed E-state index contributed by atoms with van der Waals surface area (Å²) in [6, 6.07) is 12.4. The molecule has 0 atom stereocenters. The topological polar surface area (TPSA) is 73.3 Å². The van der Waals surface area contributed by atoms with Crippen LogP contribution in [0.1, 0.15) is 14.5 Å². The molecule has 1 aromatic carbocycles. The lowest BCUT2D eigenvalue weighted by molar-refractivity contribution is 0.102. The highest BCUT2D eigenvalue weighted by molar-refractivity contribution is 7.14. The molecule has 3 rings (SSSR count). The number of ether oxygens (including phenoxy) is 2. The van der Waals surface area contributed by atoms with Gasteiger partial charge in [-0.05, 0) is 31.2 Å². The smallest absolute Gasteiger partial charge is 0.269 e. The number of amides is 1. The van der Waals surface area contributed by atoms with Crippen molar-refractivity contribution in [1.82, 2.24) is 10.2 Å². The number of thiophene rings is 1. The number of carbonyl (C=O) groups excluding carboxylic acids is 1. The molecule has 0 aliphatic rings. The Hall–Kier alpha value is -2.93. The van der Waals surface area contributed by atoms with Crippen LogP contribution in [-0.2, 0) is 0 Å². The Morgan fingerprint density at radius 3 is 2.83 bits per heavy atom. The van der Waals surface area contributed by atoms with E-state index in [9.17, 15) is 4.79 Å². The van der Waals surface area contributed by atoms with E-state index in [1.54, 1.807) is 49.7 Å². The fourth-order valence-corrected chi connectivity index (χ4v) is 2.96. The van der Waals surface area contributed by atoms with E-state index in [1.165, 1.54) is 11.3 Å². The van der Waals surface area contributed by atoms with Crippen LogP contribution in [0.25, 0.3) is 0 Å². The van der Waals surface area contributed by atoms with E-state index in [2.05, 4.69) is 15.5 Å². The summed E-state index contributed by atoms with van der Waals surface area (Å²) in [4.78, 5) is 14.0. The van der Waals surface area contributed by atoms with Crippen LogP contribution in [0.15, 0.2) is 48.7 Å². The highest BCUT2D eigenvalue weighted by Crippen LogP contribution is 2.30. The normalized spacial score (nSPS) is 10.2. The number of aromatic nitrogens is 2. The second-order valence-corrected chi connectivity index (χ2v) is 6.16. The third-order valence-electron chi connectivity index (χ3n) is 3.11. The van der Waals surface area contributed by atoms with E-state index in [4.69, 9.17) is 9.47 Å². The summed E-state index contributed by atoms with van der Waals surface area (Å²) in [7, 11) is 1.55. The number of aryl methyl sites for hydroxylation is 1. The van der Waals surface area contributed by atoms with Crippen molar-refractivity contribution in [2.75, 3.05) is 12.4 Å². The molecule has 2 heterocycles. The molecule has 3 aromatic rings. The zero-order valence-electron chi connectivity index (χ0n) is 13.1. The lowest BCUT2D eigenvalue weighted by Crippen LogP contribution is -2.11. The summed E-state index contributed by atoms with van der Waals surface area (Å²) in [6.45, 7) is 1.93. The van der Waals surface area contributed by atoms with Crippen molar-refractivity contribution >= 4 is 22.9 Å². The first-order valence-corrected chi connectivity index (χ1v) is 7.99. The van der Waals surface area contributed by atoms with Crippen LogP contribution >= 0.6 is 11.3 Å². The van der Waals surface area contributed by atoms with Crippen molar-refractivity contribution in [3.63, 3.8) is 0 Å². The van der Waals surface area contributed by atoms with Crippen LogP contribution in [-0.4, -0.2) is 23.2 Å². The van der Waals surface area contributed by atoms with Gasteiger partial charge >= 0.3 is 0 Å². The minimum atomic E-state index is -0.221. The van der Waals surface area contributed by atoms with E-state index in [0.29, 0.717) is 27.9 Å². The predicted molar refractivity (Wildman–Crippen MR) is 92.1 cm³/mol. The molecule has 24 heavy (non-hydrogen) atoms. The van der Waals surface area contributed by atoms with E-state index >= 15 is 0 Å². The minimum absolute atomic E-state index is 0.221. The first-order valence-electron chi connectivity index (χ1n) is 7.17. The molecule has 1 amide bonds. The van der Waals surface area contributed by atoms with Gasteiger partial charge < -0.3 is 14.8 Å². The average Bonchev–Trinajstić information content (AvgIpc) is 2.97. The standard InChI is InChI=1S/C17H15N3O3S/c1-11-9-14(22-2)16(24-11)17(21)19-12-5-3-6-13(10-12)23-15-7-4-8-18-20-15/h3-10H,1-2H3,(H,19,21). The van der Waals surface area contributed by atoms with E-state index < -0.39 is 0 Å². The summed E-state index contributed by atoms with van der Waals surface area (Å²) in [5, 5.41) is 10.5. The van der Waals surface area contributed by atoms with Crippen LogP contribution in [0.2, 0.25) is 0 Å². The lowest BCUT2D eigenvalue weighted by Gasteiger charge is -2.08. The van der Waals surface area contributed by atoms with E-state index in [0.717, 1.165) is 4.88 Å². The molecule has 0 aliphatic heterocycles. The van der Waals surface area contributed by atoms with Gasteiger partial charge in [0.05, 0.1) is 7.11 Å². The van der Waals surface area contributed by atoms with Gasteiger partial charge in [0.25, 0.3) is 5.91 Å². The molecule has 0 saturated carbocycles. The molecule has 0 radical (unpaired) electrons. The summed E-state index contributed by atoms with van der Waals surface area (Å²) >= 11 is 1.39. The van der Waals surface area contributed by atoms with Gasteiger partial charge in [-0.25, -0.2) is 0 Å². The molecule has 0 spiro atoms. The highest BCUT2D eigenvalue weighted by Gasteiger charge is 2.16. The van der Waals surface area contributed by atoms with Crippen LogP contribution in [0, 0.1) is 6.92 Å². The molecular weight excluding hydrogens is 326 g/mol. The maximum atomic E-state index is 12.4. The van der Waals surface area contributed by atoms with Crippen LogP contribution in [0.4, 0.5) is 5.69 Å². The monoisotopic (exact) mass is 341 g/mol. The van der Waals surface area contributed by atoms with Crippen molar-refractivity contribution in [3.8, 4) is 17.4 Å². The molecule has 122 valence electrons. The molecule has 0 bridgehead atoms. The number of hydrogen-bond acceptors (Lipinski definition) is 6. The second kappa shape index (κ2) is 7.10. The third kappa shape index (κ3) is 3.69. The Balaban J connectivity index is 1.75. The molecular formula is C17H15N3O3S. The van der Waals surface area contributed by atoms with Crippen molar-refractivity contribution in [1.29, 1.82) is 0 Å². The van der Waals surface area contributed by atoms with Gasteiger partial charge in [0, 0.05) is 28.9 Å². The number of methoxy groups -OCH3 is 1. The number of nitrogens with zero attached hydrogens (tertiary/aromatic N) is 2. The highest BCUT2D eigenvalue weighted by atomic mass is 32.1. The first kappa shape index (κ1) is 15.9. The number of benzene rings is 1. The number of carbonyl (C=O) groups is 1. The zero-order chi connectivity index (χ0) is 16.9. The largest absolute Gasteiger partial charge is 0.495 e. The van der Waals surface area contributed by atoms with Crippen molar-refractivity contribution in [2.24, 2.45) is 0 Å². The average molecular weight is 341 g/mol. The van der Waals surface area contributed by atoms with Gasteiger partial charge in [0.15, 0.2) is 0 Å². The fourth-order valence-electron chi connectivity index (χ4n) is 2.09. The number of nitrogens with one attached hydrogen (secondary N) is 1. The van der Waals surface area contributed by atoms with Gasteiger partial charge in [0.2, 0.25) is 5.88 Å². The van der Waals surface area contributed by atoms with Gasteiger partial charge in [-0.1, -0.05) is 6.07 Å². The zero-order valence-corrected chi connectivity index (χ0v) is 14.0. The number of anilines is 1. The Bertz CT molecular complexity index is 849. The molecule has 7 heteroatoms. The first-order chi connectivity index (χ1) is 11.7. The van der Waals surface area contributed by atoms with Crippen molar-refractivity contribution < 1.29 is 14.3 Å². The quantitative estimate of drug-likeness (QED) is 0.762. The van der Waals surface area contributed by atoms with Gasteiger partial charge in [0.1, 0.15) is 16.4 Å². The second-order valence-electron chi connectivity index (χ2n) is 4.90. The maximum Gasteiger partial charge on any atom is 0.269 e. The molecule has 2 aromatic heterocycles. The molecule has 0 fully saturated rings. The van der Waals surface area contributed by atoms with E-state index in [1.807, 2.05) is 13.0 Å². The van der Waals surface area contributed by atoms with Gasteiger partial charge in [-0.2, -0.15) is 5.10 Å².